The second-order valence-electron chi connectivity index (χ2n) is 5.83. The van der Waals surface area contributed by atoms with Crippen molar-refractivity contribution in [3.63, 3.8) is 0 Å². The molecule has 1 unspecified atom stereocenters. The first kappa shape index (κ1) is 23.5. The average molecular weight is 463 g/mol. The first-order valence-electron chi connectivity index (χ1n) is 8.22. The molecule has 2 aromatic rings. The highest BCUT2D eigenvalue weighted by molar-refractivity contribution is 8.00. The maximum atomic E-state index is 13.0. The molecule has 0 spiro atoms. The summed E-state index contributed by atoms with van der Waals surface area (Å²) < 4.78 is 44.0. The predicted molar refractivity (Wildman–Crippen MR) is 104 cm³/mol. The number of amides is 1. The molecular weight excluding hydrogens is 449 g/mol. The number of nitro groups is 1. The van der Waals surface area contributed by atoms with E-state index < -0.39 is 46.1 Å². The van der Waals surface area contributed by atoms with Crippen molar-refractivity contribution >= 4 is 46.6 Å². The van der Waals surface area contributed by atoms with Crippen LogP contribution in [0.1, 0.15) is 12.5 Å². The third-order valence-electron chi connectivity index (χ3n) is 3.62. The molecule has 0 fully saturated rings. The van der Waals surface area contributed by atoms with E-state index in [1.807, 2.05) is 5.32 Å². The van der Waals surface area contributed by atoms with Crippen molar-refractivity contribution in [2.24, 2.45) is 0 Å². The van der Waals surface area contributed by atoms with Crippen molar-refractivity contribution in [1.29, 1.82) is 0 Å². The van der Waals surface area contributed by atoms with Gasteiger partial charge in [-0.25, -0.2) is 0 Å². The molecule has 2 rings (SSSR count). The lowest BCUT2D eigenvalue weighted by Gasteiger charge is -2.15. The number of hydrogen-bond acceptors (Lipinski definition) is 6. The zero-order valence-electron chi connectivity index (χ0n) is 15.2. The Morgan fingerprint density at radius 1 is 1.23 bits per heavy atom. The summed E-state index contributed by atoms with van der Waals surface area (Å²) in [5.41, 5.74) is -1.86. The lowest BCUT2D eigenvalue weighted by atomic mass is 10.1. The molecule has 2 aromatic carbocycles. The highest BCUT2D eigenvalue weighted by atomic mass is 35.5. The van der Waals surface area contributed by atoms with E-state index in [4.69, 9.17) is 16.3 Å². The van der Waals surface area contributed by atoms with E-state index in [0.717, 1.165) is 23.9 Å². The molecular formula is C18H14ClF3N2O5S. The summed E-state index contributed by atoms with van der Waals surface area (Å²) in [5.74, 6) is -1.78. The number of hydrogen-bond donors (Lipinski definition) is 1. The van der Waals surface area contributed by atoms with Crippen molar-refractivity contribution in [1.82, 2.24) is 0 Å². The normalized spacial score (nSPS) is 12.2. The molecule has 160 valence electrons. The standard InChI is InChI=1S/C18H14ClF3N2O5S/c1-10(30-12-7-5-11(6-8-12)24(27)28)17(26)29-9-15(25)23-16-13(18(20,21)22)3-2-4-14(16)19/h2-8,10H,9H2,1H3,(H,23,25). The van der Waals surface area contributed by atoms with Gasteiger partial charge in [0, 0.05) is 17.0 Å². The summed E-state index contributed by atoms with van der Waals surface area (Å²) in [7, 11) is 0. The number of nitrogens with zero attached hydrogens (tertiary/aromatic N) is 1. The van der Waals surface area contributed by atoms with Crippen LogP contribution in [-0.2, 0) is 20.5 Å². The molecule has 0 aromatic heterocycles. The molecule has 0 aliphatic carbocycles. The summed E-state index contributed by atoms with van der Waals surface area (Å²) in [6.07, 6.45) is -4.74. The van der Waals surface area contributed by atoms with Gasteiger partial charge in [0.1, 0.15) is 5.25 Å². The summed E-state index contributed by atoms with van der Waals surface area (Å²) in [6.45, 7) is 0.675. The predicted octanol–water partition coefficient (Wildman–Crippen LogP) is 4.93. The number of halogens is 4. The van der Waals surface area contributed by atoms with Crippen LogP contribution in [0, 0.1) is 10.1 Å². The Hall–Kier alpha value is -2.79. The number of non-ortho nitro benzene ring substituents is 1. The Labute approximate surface area is 177 Å². The second-order valence-corrected chi connectivity index (χ2v) is 7.65. The maximum absolute atomic E-state index is 13.0. The van der Waals surface area contributed by atoms with Gasteiger partial charge in [-0.1, -0.05) is 17.7 Å². The topological polar surface area (TPSA) is 98.5 Å². The Bertz CT molecular complexity index is 954. The van der Waals surface area contributed by atoms with Crippen LogP contribution in [0.3, 0.4) is 0 Å². The van der Waals surface area contributed by atoms with Crippen molar-refractivity contribution in [2.45, 2.75) is 23.2 Å². The van der Waals surface area contributed by atoms with Crippen molar-refractivity contribution < 1.29 is 32.4 Å². The van der Waals surface area contributed by atoms with Crippen molar-refractivity contribution in [3.8, 4) is 0 Å². The second kappa shape index (κ2) is 9.81. The smallest absolute Gasteiger partial charge is 0.418 e. The van der Waals surface area contributed by atoms with Crippen LogP contribution in [-0.4, -0.2) is 28.7 Å². The minimum atomic E-state index is -4.74. The fourth-order valence-electron chi connectivity index (χ4n) is 2.22. The van der Waals surface area contributed by atoms with Gasteiger partial charge < -0.3 is 10.1 Å². The van der Waals surface area contributed by atoms with Crippen molar-refractivity contribution in [3.05, 3.63) is 63.2 Å². The Morgan fingerprint density at radius 2 is 1.87 bits per heavy atom. The van der Waals surface area contributed by atoms with Gasteiger partial charge >= 0.3 is 12.1 Å². The number of benzene rings is 2. The third kappa shape index (κ3) is 6.36. The largest absolute Gasteiger partial charge is 0.455 e. The molecule has 12 heteroatoms. The Morgan fingerprint density at radius 3 is 2.43 bits per heavy atom. The zero-order valence-corrected chi connectivity index (χ0v) is 16.8. The van der Waals surface area contributed by atoms with Gasteiger partial charge in [0.2, 0.25) is 0 Å². The number of carbonyl (C=O) groups is 2. The van der Waals surface area contributed by atoms with Gasteiger partial charge in [-0.3, -0.25) is 19.7 Å². The summed E-state index contributed by atoms with van der Waals surface area (Å²) in [4.78, 5) is 34.6. The molecule has 0 saturated heterocycles. The molecule has 1 amide bonds. The molecule has 0 aliphatic heterocycles. The van der Waals surface area contributed by atoms with Gasteiger partial charge in [-0.05, 0) is 31.2 Å². The molecule has 7 nitrogen and oxygen atoms in total. The van der Waals surface area contributed by atoms with Gasteiger partial charge in [-0.15, -0.1) is 11.8 Å². The van der Waals surface area contributed by atoms with E-state index in [1.165, 1.54) is 37.3 Å². The Kier molecular flexibility index (Phi) is 7.68. The van der Waals surface area contributed by atoms with E-state index in [-0.39, 0.29) is 10.7 Å². The van der Waals surface area contributed by atoms with E-state index in [0.29, 0.717) is 4.90 Å². The maximum Gasteiger partial charge on any atom is 0.418 e. The lowest BCUT2D eigenvalue weighted by molar-refractivity contribution is -0.384. The minimum absolute atomic E-state index is 0.107. The van der Waals surface area contributed by atoms with Gasteiger partial charge in [0.25, 0.3) is 11.6 Å². The summed E-state index contributed by atoms with van der Waals surface area (Å²) >= 11 is 6.78. The molecule has 1 atom stereocenters. The molecule has 0 bridgehead atoms. The quantitative estimate of drug-likeness (QED) is 0.271. The highest BCUT2D eigenvalue weighted by Gasteiger charge is 2.35. The molecule has 0 radical (unpaired) electrons. The number of para-hydroxylation sites is 1. The van der Waals surface area contributed by atoms with Crippen LogP contribution in [0.15, 0.2) is 47.4 Å². The average Bonchev–Trinajstić information content (AvgIpc) is 2.67. The first-order valence-corrected chi connectivity index (χ1v) is 9.48. The van der Waals surface area contributed by atoms with Crippen LogP contribution in [0.2, 0.25) is 5.02 Å². The molecule has 0 aliphatic rings. The van der Waals surface area contributed by atoms with E-state index >= 15 is 0 Å². The lowest BCUT2D eigenvalue weighted by Crippen LogP contribution is -2.26. The van der Waals surface area contributed by atoms with Gasteiger partial charge in [0.15, 0.2) is 6.61 Å². The van der Waals surface area contributed by atoms with Crippen molar-refractivity contribution in [2.75, 3.05) is 11.9 Å². The SMILES string of the molecule is CC(Sc1ccc([N+](=O)[O-])cc1)C(=O)OCC(=O)Nc1c(Cl)cccc1C(F)(F)F. The van der Waals surface area contributed by atoms with E-state index in [2.05, 4.69) is 0 Å². The fourth-order valence-corrected chi connectivity index (χ4v) is 3.30. The molecule has 0 saturated carbocycles. The molecule has 30 heavy (non-hydrogen) atoms. The number of anilines is 1. The first-order chi connectivity index (χ1) is 14.0. The highest BCUT2D eigenvalue weighted by Crippen LogP contribution is 2.38. The van der Waals surface area contributed by atoms with Crippen LogP contribution < -0.4 is 5.32 Å². The van der Waals surface area contributed by atoms with Crippen LogP contribution in [0.25, 0.3) is 0 Å². The van der Waals surface area contributed by atoms with Gasteiger partial charge in [0.05, 0.1) is 21.2 Å². The molecule has 0 heterocycles. The number of nitrogens with one attached hydrogen (secondary N) is 1. The fraction of sp³-hybridized carbons (Fsp3) is 0.222. The summed E-state index contributed by atoms with van der Waals surface area (Å²) in [5, 5.41) is 11.6. The minimum Gasteiger partial charge on any atom is -0.455 e. The number of carbonyl (C=O) groups excluding carboxylic acids is 2. The number of alkyl halides is 3. The number of nitro benzene ring substituents is 1. The van der Waals surface area contributed by atoms with E-state index in [1.54, 1.807) is 0 Å². The van der Waals surface area contributed by atoms with Crippen LogP contribution >= 0.6 is 23.4 Å². The third-order valence-corrected chi connectivity index (χ3v) is 5.03. The monoisotopic (exact) mass is 462 g/mol. The number of esters is 1. The number of thioether (sulfide) groups is 1. The van der Waals surface area contributed by atoms with Crippen LogP contribution in [0.4, 0.5) is 24.5 Å². The Balaban J connectivity index is 1.93. The van der Waals surface area contributed by atoms with Gasteiger partial charge in [-0.2, -0.15) is 13.2 Å². The number of rotatable bonds is 7. The summed E-state index contributed by atoms with van der Waals surface area (Å²) in [6, 6.07) is 8.49. The zero-order chi connectivity index (χ0) is 22.5. The number of ether oxygens (including phenoxy) is 1. The van der Waals surface area contributed by atoms with Crippen LogP contribution in [0.5, 0.6) is 0 Å². The molecule has 1 N–H and O–H groups in total. The van der Waals surface area contributed by atoms with E-state index in [9.17, 15) is 32.9 Å².